The minimum atomic E-state index is 0.746. The van der Waals surface area contributed by atoms with Crippen LogP contribution in [0.2, 0.25) is 0 Å². The van der Waals surface area contributed by atoms with Crippen LogP contribution in [-0.4, -0.2) is 24.6 Å². The minimum absolute atomic E-state index is 0.746. The molecule has 2 rings (SSSR count). The Balaban J connectivity index is 1.96. The van der Waals surface area contributed by atoms with Gasteiger partial charge in [-0.15, -0.1) is 0 Å². The Bertz CT molecular complexity index is 288. The lowest BCUT2D eigenvalue weighted by atomic mass is 10.2. The van der Waals surface area contributed by atoms with Gasteiger partial charge in [0.1, 0.15) is 0 Å². The summed E-state index contributed by atoms with van der Waals surface area (Å²) >= 11 is 0. The molecule has 2 N–H and O–H groups in total. The van der Waals surface area contributed by atoms with E-state index < -0.39 is 0 Å². The molecule has 1 aromatic rings. The first-order valence-electron chi connectivity index (χ1n) is 5.80. The van der Waals surface area contributed by atoms with Gasteiger partial charge in [0.25, 0.3) is 0 Å². The molecule has 0 aromatic carbocycles. The second kappa shape index (κ2) is 5.12. The first kappa shape index (κ1) is 10.4. The Labute approximate surface area is 91.3 Å². The van der Waals surface area contributed by atoms with E-state index >= 15 is 0 Å². The molecule has 1 aliphatic heterocycles. The molecule has 0 atom stereocenters. The molecule has 0 aliphatic carbocycles. The third kappa shape index (κ3) is 2.69. The summed E-state index contributed by atoms with van der Waals surface area (Å²) in [7, 11) is 0. The van der Waals surface area contributed by atoms with Crippen LogP contribution < -0.4 is 10.6 Å². The summed E-state index contributed by atoms with van der Waals surface area (Å²) in [4.78, 5) is 6.87. The summed E-state index contributed by atoms with van der Waals surface area (Å²) in [6, 6.07) is 4.31. The second-order valence-corrected chi connectivity index (χ2v) is 4.09. The van der Waals surface area contributed by atoms with Gasteiger partial charge in [-0.25, -0.2) is 0 Å². The molecule has 3 heteroatoms. The van der Waals surface area contributed by atoms with Gasteiger partial charge in [0.15, 0.2) is 0 Å². The van der Waals surface area contributed by atoms with Crippen LogP contribution in [0.5, 0.6) is 0 Å². The van der Waals surface area contributed by atoms with E-state index in [-0.39, 0.29) is 0 Å². The quantitative estimate of drug-likeness (QED) is 0.811. The summed E-state index contributed by atoms with van der Waals surface area (Å²) in [5.41, 5.74) is 7.89. The van der Waals surface area contributed by atoms with Gasteiger partial charge in [0, 0.05) is 18.8 Å². The van der Waals surface area contributed by atoms with E-state index in [0.717, 1.165) is 25.1 Å². The number of nitrogens with zero attached hydrogens (tertiary/aromatic N) is 2. The van der Waals surface area contributed by atoms with Crippen molar-refractivity contribution in [2.45, 2.75) is 25.7 Å². The van der Waals surface area contributed by atoms with Crippen LogP contribution in [0.1, 0.15) is 25.0 Å². The van der Waals surface area contributed by atoms with Gasteiger partial charge in [-0.1, -0.05) is 0 Å². The summed E-state index contributed by atoms with van der Waals surface area (Å²) in [6.07, 6.45) is 6.65. The monoisotopic (exact) mass is 205 g/mol. The second-order valence-electron chi connectivity index (χ2n) is 4.09. The fourth-order valence-electron chi connectivity index (χ4n) is 2.01. The van der Waals surface area contributed by atoms with Crippen LogP contribution in [0.25, 0.3) is 0 Å². The van der Waals surface area contributed by atoms with Crippen LogP contribution >= 0.6 is 0 Å². The van der Waals surface area contributed by atoms with Crippen LogP contribution in [0.3, 0.4) is 0 Å². The molecule has 1 aliphatic rings. The molecule has 1 aromatic heterocycles. The third-order valence-corrected chi connectivity index (χ3v) is 2.92. The van der Waals surface area contributed by atoms with E-state index in [4.69, 9.17) is 5.73 Å². The highest BCUT2D eigenvalue weighted by atomic mass is 15.1. The van der Waals surface area contributed by atoms with Crippen molar-refractivity contribution >= 4 is 5.69 Å². The number of aryl methyl sites for hydroxylation is 1. The maximum Gasteiger partial charge on any atom is 0.0552 e. The number of hydrogen-bond donors (Lipinski definition) is 1. The maximum atomic E-state index is 5.47. The molecule has 0 saturated carbocycles. The predicted octanol–water partition coefficient (Wildman–Crippen LogP) is 1.57. The van der Waals surface area contributed by atoms with Gasteiger partial charge < -0.3 is 10.6 Å². The van der Waals surface area contributed by atoms with Crippen LogP contribution in [0.15, 0.2) is 18.3 Å². The smallest absolute Gasteiger partial charge is 0.0552 e. The van der Waals surface area contributed by atoms with Gasteiger partial charge in [0.05, 0.1) is 11.9 Å². The first-order chi connectivity index (χ1) is 7.40. The summed E-state index contributed by atoms with van der Waals surface area (Å²) in [6.45, 7) is 3.11. The van der Waals surface area contributed by atoms with Gasteiger partial charge in [-0.2, -0.15) is 0 Å². The molecule has 0 spiro atoms. The van der Waals surface area contributed by atoms with Crippen molar-refractivity contribution in [3.63, 3.8) is 0 Å². The summed E-state index contributed by atoms with van der Waals surface area (Å²) < 4.78 is 0. The number of rotatable bonds is 4. The number of nitrogens with two attached hydrogens (primary N) is 1. The molecule has 0 bridgehead atoms. The molecule has 3 nitrogen and oxygen atoms in total. The SMILES string of the molecule is NCCCc1ccc(N2CCCC2)cn1. The molecule has 15 heavy (non-hydrogen) atoms. The maximum absolute atomic E-state index is 5.47. The number of anilines is 1. The van der Waals surface area contributed by atoms with E-state index in [0.29, 0.717) is 0 Å². The van der Waals surface area contributed by atoms with E-state index in [1.165, 1.54) is 31.6 Å². The molecular weight excluding hydrogens is 186 g/mol. The molecule has 1 fully saturated rings. The van der Waals surface area contributed by atoms with Crippen LogP contribution in [-0.2, 0) is 6.42 Å². The minimum Gasteiger partial charge on any atom is -0.370 e. The van der Waals surface area contributed by atoms with Crippen molar-refractivity contribution < 1.29 is 0 Å². The van der Waals surface area contributed by atoms with Gasteiger partial charge >= 0.3 is 0 Å². The topological polar surface area (TPSA) is 42.1 Å². The van der Waals surface area contributed by atoms with Gasteiger partial charge in [-0.3, -0.25) is 4.98 Å². The van der Waals surface area contributed by atoms with Crippen molar-refractivity contribution in [2.75, 3.05) is 24.5 Å². The molecule has 0 amide bonds. The average Bonchev–Trinajstić information content (AvgIpc) is 2.80. The Morgan fingerprint density at radius 3 is 2.67 bits per heavy atom. The lowest BCUT2D eigenvalue weighted by Gasteiger charge is -2.16. The molecule has 1 saturated heterocycles. The highest BCUT2D eigenvalue weighted by molar-refractivity contribution is 5.45. The fraction of sp³-hybridized carbons (Fsp3) is 0.583. The summed E-state index contributed by atoms with van der Waals surface area (Å²) in [5, 5.41) is 0. The van der Waals surface area contributed by atoms with E-state index in [1.54, 1.807) is 0 Å². The normalized spacial score (nSPS) is 15.9. The standard InChI is InChI=1S/C12H19N3/c13-7-3-4-11-5-6-12(10-14-11)15-8-1-2-9-15/h5-6,10H,1-4,7-9,13H2. The van der Waals surface area contributed by atoms with E-state index in [9.17, 15) is 0 Å². The molecular formula is C12H19N3. The van der Waals surface area contributed by atoms with Crippen molar-refractivity contribution in [3.05, 3.63) is 24.0 Å². The van der Waals surface area contributed by atoms with Crippen molar-refractivity contribution in [3.8, 4) is 0 Å². The molecule has 82 valence electrons. The van der Waals surface area contributed by atoms with Crippen molar-refractivity contribution in [1.29, 1.82) is 0 Å². The zero-order valence-electron chi connectivity index (χ0n) is 9.15. The predicted molar refractivity (Wildman–Crippen MR) is 63.1 cm³/mol. The largest absolute Gasteiger partial charge is 0.370 e. The third-order valence-electron chi connectivity index (χ3n) is 2.92. The lowest BCUT2D eigenvalue weighted by Crippen LogP contribution is -2.17. The zero-order valence-corrected chi connectivity index (χ0v) is 9.15. The number of aromatic nitrogens is 1. The zero-order chi connectivity index (χ0) is 10.5. The van der Waals surface area contributed by atoms with E-state index in [2.05, 4.69) is 22.0 Å². The molecule has 0 unspecified atom stereocenters. The van der Waals surface area contributed by atoms with Crippen LogP contribution in [0.4, 0.5) is 5.69 Å². The van der Waals surface area contributed by atoms with Gasteiger partial charge in [-0.05, 0) is 44.4 Å². The van der Waals surface area contributed by atoms with E-state index in [1.807, 2.05) is 6.20 Å². The Kier molecular flexibility index (Phi) is 3.56. The number of pyridine rings is 1. The molecule has 2 heterocycles. The highest BCUT2D eigenvalue weighted by Gasteiger charge is 2.11. The van der Waals surface area contributed by atoms with Crippen molar-refractivity contribution in [2.24, 2.45) is 5.73 Å². The average molecular weight is 205 g/mol. The van der Waals surface area contributed by atoms with Crippen LogP contribution in [0, 0.1) is 0 Å². The first-order valence-corrected chi connectivity index (χ1v) is 5.80. The lowest BCUT2D eigenvalue weighted by molar-refractivity contribution is 0.809. The number of hydrogen-bond acceptors (Lipinski definition) is 3. The Morgan fingerprint density at radius 2 is 2.07 bits per heavy atom. The fourth-order valence-corrected chi connectivity index (χ4v) is 2.01. The Morgan fingerprint density at radius 1 is 1.27 bits per heavy atom. The highest BCUT2D eigenvalue weighted by Crippen LogP contribution is 2.19. The van der Waals surface area contributed by atoms with Crippen molar-refractivity contribution in [1.82, 2.24) is 4.98 Å². The summed E-state index contributed by atoms with van der Waals surface area (Å²) in [5.74, 6) is 0. The Hall–Kier alpha value is -1.09. The molecule has 0 radical (unpaired) electrons. The van der Waals surface area contributed by atoms with Gasteiger partial charge in [0.2, 0.25) is 0 Å².